The van der Waals surface area contributed by atoms with Crippen LogP contribution >= 0.6 is 11.6 Å². The zero-order valence-corrected chi connectivity index (χ0v) is 18.4. The van der Waals surface area contributed by atoms with E-state index in [2.05, 4.69) is 22.8 Å². The molecule has 0 spiro atoms. The Labute approximate surface area is 192 Å². The smallest absolute Gasteiger partial charge is 0.251 e. The molecule has 32 heavy (non-hydrogen) atoms. The molecule has 0 heterocycles. The molecule has 0 aromatic heterocycles. The number of aryl methyl sites for hydroxylation is 2. The summed E-state index contributed by atoms with van der Waals surface area (Å²) in [5.74, 6) is -1.06. The van der Waals surface area contributed by atoms with E-state index in [0.717, 1.165) is 18.4 Å². The Morgan fingerprint density at radius 3 is 2.19 bits per heavy atom. The van der Waals surface area contributed by atoms with Crippen LogP contribution < -0.4 is 10.6 Å². The van der Waals surface area contributed by atoms with Crippen LogP contribution in [0.4, 0.5) is 4.39 Å². The maximum Gasteiger partial charge on any atom is 0.251 e. The molecule has 2 amide bonds. The van der Waals surface area contributed by atoms with Crippen LogP contribution in [0.15, 0.2) is 78.9 Å². The third-order valence-electron chi connectivity index (χ3n) is 5.15. The second-order valence-electron chi connectivity index (χ2n) is 7.58. The zero-order chi connectivity index (χ0) is 22.8. The Morgan fingerprint density at radius 1 is 0.844 bits per heavy atom. The van der Waals surface area contributed by atoms with Crippen LogP contribution in [-0.4, -0.2) is 24.4 Å². The molecule has 3 aromatic carbocycles. The minimum atomic E-state index is -0.708. The summed E-state index contributed by atoms with van der Waals surface area (Å²) in [6, 6.07) is 22.0. The van der Waals surface area contributed by atoms with Crippen molar-refractivity contribution < 1.29 is 14.0 Å². The number of halogens is 2. The SMILES string of the molecule is O=C(N[C@@H](CCc1ccc(Cl)cc1)C(=O)NCCCc1ccccc1)c1ccc(F)cc1. The van der Waals surface area contributed by atoms with Gasteiger partial charge >= 0.3 is 0 Å². The third kappa shape index (κ3) is 7.50. The first-order valence-electron chi connectivity index (χ1n) is 10.6. The Balaban J connectivity index is 1.58. The van der Waals surface area contributed by atoms with Crippen LogP contribution in [0.25, 0.3) is 0 Å². The summed E-state index contributed by atoms with van der Waals surface area (Å²) in [6.07, 6.45) is 2.69. The number of rotatable bonds is 10. The zero-order valence-electron chi connectivity index (χ0n) is 17.7. The highest BCUT2D eigenvalue weighted by Crippen LogP contribution is 2.13. The molecule has 0 bridgehead atoms. The summed E-state index contributed by atoms with van der Waals surface area (Å²) in [5.41, 5.74) is 2.54. The van der Waals surface area contributed by atoms with Gasteiger partial charge in [0, 0.05) is 17.1 Å². The van der Waals surface area contributed by atoms with Crippen LogP contribution in [0.3, 0.4) is 0 Å². The molecule has 0 unspecified atom stereocenters. The number of carbonyl (C=O) groups excluding carboxylic acids is 2. The van der Waals surface area contributed by atoms with E-state index in [1.807, 2.05) is 30.3 Å². The first-order valence-corrected chi connectivity index (χ1v) is 11.0. The number of benzene rings is 3. The maximum atomic E-state index is 13.2. The van der Waals surface area contributed by atoms with Crippen LogP contribution in [0, 0.1) is 5.82 Å². The minimum absolute atomic E-state index is 0.234. The summed E-state index contributed by atoms with van der Waals surface area (Å²) < 4.78 is 13.2. The van der Waals surface area contributed by atoms with Gasteiger partial charge in [-0.3, -0.25) is 9.59 Å². The lowest BCUT2D eigenvalue weighted by molar-refractivity contribution is -0.123. The van der Waals surface area contributed by atoms with Gasteiger partial charge in [0.1, 0.15) is 11.9 Å². The molecular formula is C26H26ClFN2O2. The lowest BCUT2D eigenvalue weighted by atomic mass is 10.0. The quantitative estimate of drug-likeness (QED) is 0.427. The van der Waals surface area contributed by atoms with Crippen molar-refractivity contribution in [3.63, 3.8) is 0 Å². The van der Waals surface area contributed by atoms with Gasteiger partial charge in [0.15, 0.2) is 0 Å². The van der Waals surface area contributed by atoms with Crippen molar-refractivity contribution in [2.24, 2.45) is 0 Å². The van der Waals surface area contributed by atoms with E-state index >= 15 is 0 Å². The van der Waals surface area contributed by atoms with Crippen molar-refractivity contribution in [2.75, 3.05) is 6.54 Å². The van der Waals surface area contributed by atoms with Gasteiger partial charge in [0.2, 0.25) is 5.91 Å². The second-order valence-corrected chi connectivity index (χ2v) is 8.01. The summed E-state index contributed by atoms with van der Waals surface area (Å²) >= 11 is 5.94. The van der Waals surface area contributed by atoms with E-state index in [0.29, 0.717) is 30.0 Å². The molecule has 0 aliphatic heterocycles. The molecule has 0 radical (unpaired) electrons. The fraction of sp³-hybridized carbons (Fsp3) is 0.231. The Kier molecular flexibility index (Phi) is 8.81. The van der Waals surface area contributed by atoms with Crippen molar-refractivity contribution >= 4 is 23.4 Å². The molecule has 0 aliphatic rings. The van der Waals surface area contributed by atoms with Gasteiger partial charge in [0.25, 0.3) is 5.91 Å². The van der Waals surface area contributed by atoms with Gasteiger partial charge in [-0.1, -0.05) is 54.1 Å². The normalized spacial score (nSPS) is 11.6. The van der Waals surface area contributed by atoms with Crippen LogP contribution in [0.5, 0.6) is 0 Å². The number of nitrogens with one attached hydrogen (secondary N) is 2. The summed E-state index contributed by atoms with van der Waals surface area (Å²) in [4.78, 5) is 25.5. The monoisotopic (exact) mass is 452 g/mol. The summed E-state index contributed by atoms with van der Waals surface area (Å²) in [6.45, 7) is 0.511. The maximum absolute atomic E-state index is 13.2. The topological polar surface area (TPSA) is 58.2 Å². The molecule has 4 nitrogen and oxygen atoms in total. The van der Waals surface area contributed by atoms with Crippen molar-refractivity contribution in [3.8, 4) is 0 Å². The van der Waals surface area contributed by atoms with Crippen molar-refractivity contribution in [2.45, 2.75) is 31.7 Å². The number of amides is 2. The van der Waals surface area contributed by atoms with Gasteiger partial charge < -0.3 is 10.6 Å². The van der Waals surface area contributed by atoms with E-state index in [4.69, 9.17) is 11.6 Å². The Bertz CT molecular complexity index is 1010. The molecule has 0 saturated heterocycles. The predicted molar refractivity (Wildman–Crippen MR) is 125 cm³/mol. The average Bonchev–Trinajstić information content (AvgIpc) is 2.81. The highest BCUT2D eigenvalue weighted by atomic mass is 35.5. The van der Waals surface area contributed by atoms with Crippen molar-refractivity contribution in [3.05, 3.63) is 106 Å². The third-order valence-corrected chi connectivity index (χ3v) is 5.40. The van der Waals surface area contributed by atoms with Gasteiger partial charge in [-0.2, -0.15) is 0 Å². The minimum Gasteiger partial charge on any atom is -0.354 e. The molecule has 3 aromatic rings. The molecule has 2 N–H and O–H groups in total. The predicted octanol–water partition coefficient (Wildman–Crippen LogP) is 4.96. The molecule has 0 aliphatic carbocycles. The summed E-state index contributed by atoms with van der Waals surface area (Å²) in [7, 11) is 0. The van der Waals surface area contributed by atoms with Crippen LogP contribution in [-0.2, 0) is 17.6 Å². The molecule has 6 heteroatoms. The van der Waals surface area contributed by atoms with Gasteiger partial charge in [-0.15, -0.1) is 0 Å². The summed E-state index contributed by atoms with van der Waals surface area (Å²) in [5, 5.41) is 6.37. The molecule has 0 fully saturated rings. The number of hydrogen-bond acceptors (Lipinski definition) is 2. The fourth-order valence-corrected chi connectivity index (χ4v) is 3.47. The second kappa shape index (κ2) is 12.0. The van der Waals surface area contributed by atoms with E-state index in [1.165, 1.54) is 29.8 Å². The Morgan fingerprint density at radius 2 is 1.50 bits per heavy atom. The van der Waals surface area contributed by atoms with E-state index < -0.39 is 17.8 Å². The molecule has 3 rings (SSSR count). The van der Waals surface area contributed by atoms with Crippen LogP contribution in [0.1, 0.15) is 34.3 Å². The number of carbonyl (C=O) groups is 2. The lowest BCUT2D eigenvalue weighted by Crippen LogP contribution is -2.47. The lowest BCUT2D eigenvalue weighted by Gasteiger charge is -2.19. The largest absolute Gasteiger partial charge is 0.354 e. The van der Waals surface area contributed by atoms with Gasteiger partial charge in [-0.25, -0.2) is 4.39 Å². The van der Waals surface area contributed by atoms with Gasteiger partial charge in [-0.05, 0) is 73.2 Å². The first-order chi connectivity index (χ1) is 15.5. The molecule has 1 atom stereocenters. The first kappa shape index (κ1) is 23.5. The van der Waals surface area contributed by atoms with Crippen molar-refractivity contribution in [1.82, 2.24) is 10.6 Å². The molecule has 0 saturated carbocycles. The highest BCUT2D eigenvalue weighted by molar-refractivity contribution is 6.30. The van der Waals surface area contributed by atoms with E-state index in [9.17, 15) is 14.0 Å². The molecule has 166 valence electrons. The Hall–Kier alpha value is -3.18. The highest BCUT2D eigenvalue weighted by Gasteiger charge is 2.21. The molecular weight excluding hydrogens is 427 g/mol. The van der Waals surface area contributed by atoms with Gasteiger partial charge in [0.05, 0.1) is 0 Å². The van der Waals surface area contributed by atoms with E-state index in [1.54, 1.807) is 12.1 Å². The number of hydrogen-bond donors (Lipinski definition) is 2. The fourth-order valence-electron chi connectivity index (χ4n) is 3.35. The van der Waals surface area contributed by atoms with E-state index in [-0.39, 0.29) is 5.91 Å². The average molecular weight is 453 g/mol. The van der Waals surface area contributed by atoms with Crippen molar-refractivity contribution in [1.29, 1.82) is 0 Å². The van der Waals surface area contributed by atoms with Crippen LogP contribution in [0.2, 0.25) is 5.02 Å². The standard InChI is InChI=1S/C26H26ClFN2O2/c27-22-13-8-20(9-14-22)10-17-24(30-25(31)21-11-15-23(28)16-12-21)26(32)29-18-4-7-19-5-2-1-3-6-19/h1-3,5-6,8-9,11-16,24H,4,7,10,17-18H2,(H,29,32)(H,30,31)/t24-/m0/s1.